The van der Waals surface area contributed by atoms with E-state index < -0.39 is 0 Å². The molecule has 0 aromatic carbocycles. The van der Waals surface area contributed by atoms with Crippen LogP contribution in [0.25, 0.3) is 10.2 Å². The van der Waals surface area contributed by atoms with Gasteiger partial charge >= 0.3 is 0 Å². The standard InChI is InChI=1S/C20H26N4O2S/c1-22-13-4-6-14(7-5-13)26-19-18-17-12(9-15(10-21)25-2)3-8-16(17)27-20(18)24-11-23-19/h11-15,22H,3-9H2,1-2H3/t12-,13-,14-,15-/m1/s1. The molecule has 1 saturated carbocycles. The van der Waals surface area contributed by atoms with Gasteiger partial charge in [-0.1, -0.05) is 0 Å². The molecule has 4 rings (SSSR count). The van der Waals surface area contributed by atoms with Crippen molar-refractivity contribution in [2.24, 2.45) is 0 Å². The first-order valence-electron chi connectivity index (χ1n) is 9.76. The van der Waals surface area contributed by atoms with E-state index in [0.717, 1.165) is 54.6 Å². The fourth-order valence-electron chi connectivity index (χ4n) is 4.45. The van der Waals surface area contributed by atoms with Crippen LogP contribution in [0.2, 0.25) is 0 Å². The minimum atomic E-state index is -0.373. The maximum absolute atomic E-state index is 9.28. The first-order chi connectivity index (χ1) is 13.2. The molecule has 1 fully saturated rings. The molecule has 2 aromatic rings. The number of rotatable bonds is 6. The lowest BCUT2D eigenvalue weighted by atomic mass is 9.93. The van der Waals surface area contributed by atoms with Crippen molar-refractivity contribution in [3.8, 4) is 11.9 Å². The van der Waals surface area contributed by atoms with Crippen LogP contribution in [0.15, 0.2) is 6.33 Å². The molecule has 2 aromatic heterocycles. The summed E-state index contributed by atoms with van der Waals surface area (Å²) in [4.78, 5) is 11.4. The summed E-state index contributed by atoms with van der Waals surface area (Å²) in [5.41, 5.74) is 1.30. The third-order valence-electron chi connectivity index (χ3n) is 5.98. The molecule has 0 bridgehead atoms. The van der Waals surface area contributed by atoms with Gasteiger partial charge in [-0.25, -0.2) is 9.97 Å². The van der Waals surface area contributed by atoms with Crippen molar-refractivity contribution >= 4 is 21.6 Å². The Labute approximate surface area is 163 Å². The van der Waals surface area contributed by atoms with E-state index >= 15 is 0 Å². The van der Waals surface area contributed by atoms with Crippen LogP contribution in [0, 0.1) is 11.3 Å². The van der Waals surface area contributed by atoms with Crippen molar-refractivity contribution in [3.05, 3.63) is 16.8 Å². The van der Waals surface area contributed by atoms with E-state index in [9.17, 15) is 5.26 Å². The van der Waals surface area contributed by atoms with Crippen LogP contribution < -0.4 is 10.1 Å². The zero-order valence-corrected chi connectivity index (χ0v) is 16.7. The Morgan fingerprint density at radius 1 is 1.30 bits per heavy atom. The molecule has 0 aliphatic heterocycles. The molecule has 0 saturated heterocycles. The Hall–Kier alpha value is -1.75. The molecule has 27 heavy (non-hydrogen) atoms. The summed E-state index contributed by atoms with van der Waals surface area (Å²) in [7, 11) is 3.64. The van der Waals surface area contributed by atoms with Crippen molar-refractivity contribution in [1.82, 2.24) is 15.3 Å². The third-order valence-corrected chi connectivity index (χ3v) is 7.16. The van der Waals surface area contributed by atoms with Gasteiger partial charge in [-0.2, -0.15) is 5.26 Å². The quantitative estimate of drug-likeness (QED) is 0.818. The lowest BCUT2D eigenvalue weighted by Gasteiger charge is -2.28. The second-order valence-corrected chi connectivity index (χ2v) is 8.59. The number of aromatic nitrogens is 2. The summed E-state index contributed by atoms with van der Waals surface area (Å²) in [5.74, 6) is 1.04. The van der Waals surface area contributed by atoms with Crippen LogP contribution in [-0.4, -0.2) is 42.4 Å². The number of methoxy groups -OCH3 is 1. The zero-order valence-electron chi connectivity index (χ0n) is 15.9. The average molecular weight is 387 g/mol. The Morgan fingerprint density at radius 3 is 2.81 bits per heavy atom. The predicted octanol–water partition coefficient (Wildman–Crippen LogP) is 3.56. The number of hydrogen-bond acceptors (Lipinski definition) is 7. The Bertz CT molecular complexity index is 838. The van der Waals surface area contributed by atoms with E-state index in [4.69, 9.17) is 9.47 Å². The normalized spacial score (nSPS) is 25.9. The van der Waals surface area contributed by atoms with E-state index in [0.29, 0.717) is 18.4 Å². The van der Waals surface area contributed by atoms with Gasteiger partial charge in [0.2, 0.25) is 5.88 Å². The fourth-order valence-corrected chi connectivity index (χ4v) is 5.68. The summed E-state index contributed by atoms with van der Waals surface area (Å²) >= 11 is 1.75. The molecule has 6 nitrogen and oxygen atoms in total. The molecule has 0 spiro atoms. The molecule has 0 radical (unpaired) electrons. The predicted molar refractivity (Wildman–Crippen MR) is 105 cm³/mol. The number of hydrogen-bond donors (Lipinski definition) is 1. The van der Waals surface area contributed by atoms with Gasteiger partial charge in [0.05, 0.1) is 11.5 Å². The first-order valence-corrected chi connectivity index (χ1v) is 10.6. The number of nitrogens with one attached hydrogen (secondary N) is 1. The van der Waals surface area contributed by atoms with Gasteiger partial charge in [-0.05, 0) is 63.5 Å². The smallest absolute Gasteiger partial charge is 0.225 e. The lowest BCUT2D eigenvalue weighted by Crippen LogP contribution is -2.34. The molecule has 2 heterocycles. The number of nitriles is 1. The van der Waals surface area contributed by atoms with Gasteiger partial charge in [0, 0.05) is 18.0 Å². The van der Waals surface area contributed by atoms with Gasteiger partial charge < -0.3 is 14.8 Å². The highest BCUT2D eigenvalue weighted by Crippen LogP contribution is 2.47. The lowest BCUT2D eigenvalue weighted by molar-refractivity contribution is 0.132. The molecule has 7 heteroatoms. The van der Waals surface area contributed by atoms with Crippen LogP contribution in [0.3, 0.4) is 0 Å². The van der Waals surface area contributed by atoms with Gasteiger partial charge in [0.25, 0.3) is 0 Å². The van der Waals surface area contributed by atoms with E-state index in [1.165, 1.54) is 10.4 Å². The highest BCUT2D eigenvalue weighted by Gasteiger charge is 2.32. The highest BCUT2D eigenvalue weighted by molar-refractivity contribution is 7.19. The van der Waals surface area contributed by atoms with Crippen LogP contribution in [0.5, 0.6) is 5.88 Å². The maximum Gasteiger partial charge on any atom is 0.225 e. The zero-order chi connectivity index (χ0) is 18.8. The molecule has 2 aliphatic rings. The molecule has 0 amide bonds. The van der Waals surface area contributed by atoms with Gasteiger partial charge in [0.1, 0.15) is 23.4 Å². The van der Waals surface area contributed by atoms with Crippen molar-refractivity contribution < 1.29 is 9.47 Å². The van der Waals surface area contributed by atoms with Crippen LogP contribution in [0.1, 0.15) is 54.9 Å². The minimum absolute atomic E-state index is 0.217. The summed E-state index contributed by atoms with van der Waals surface area (Å²) < 4.78 is 11.7. The van der Waals surface area contributed by atoms with Crippen LogP contribution in [-0.2, 0) is 11.2 Å². The van der Waals surface area contributed by atoms with Gasteiger partial charge in [0.15, 0.2) is 0 Å². The third kappa shape index (κ3) is 3.66. The van der Waals surface area contributed by atoms with E-state index in [-0.39, 0.29) is 12.2 Å². The molecular weight excluding hydrogens is 360 g/mol. The van der Waals surface area contributed by atoms with E-state index in [1.54, 1.807) is 24.8 Å². The molecule has 2 aliphatic carbocycles. The number of fused-ring (bicyclic) bond motifs is 3. The summed E-state index contributed by atoms with van der Waals surface area (Å²) in [6.45, 7) is 0. The van der Waals surface area contributed by atoms with Crippen LogP contribution >= 0.6 is 11.3 Å². The van der Waals surface area contributed by atoms with Crippen molar-refractivity contribution in [1.29, 1.82) is 5.26 Å². The molecule has 144 valence electrons. The van der Waals surface area contributed by atoms with Gasteiger partial charge in [-0.15, -0.1) is 11.3 Å². The number of aryl methyl sites for hydroxylation is 1. The molecule has 0 unspecified atom stereocenters. The van der Waals surface area contributed by atoms with Crippen LogP contribution in [0.4, 0.5) is 0 Å². The molecule has 2 atom stereocenters. The SMILES string of the molecule is CN[C@H]1CC[C@H](Oc2ncnc3sc4c(c23)[C@@H](C[C@H](C#N)OC)CC4)CC1. The van der Waals surface area contributed by atoms with E-state index in [1.807, 2.05) is 7.05 Å². The summed E-state index contributed by atoms with van der Waals surface area (Å²) in [6, 6.07) is 2.85. The Balaban J connectivity index is 1.61. The maximum atomic E-state index is 9.28. The molecule has 1 N–H and O–H groups in total. The number of thiophene rings is 1. The summed E-state index contributed by atoms with van der Waals surface area (Å²) in [6.07, 6.45) is 8.64. The minimum Gasteiger partial charge on any atom is -0.474 e. The summed E-state index contributed by atoms with van der Waals surface area (Å²) in [5, 5.41) is 13.7. The molecular formula is C20H26N4O2S. The topological polar surface area (TPSA) is 80.1 Å². The van der Waals surface area contributed by atoms with Crippen molar-refractivity contribution in [3.63, 3.8) is 0 Å². The Kier molecular flexibility index (Phi) is 5.58. The van der Waals surface area contributed by atoms with E-state index in [2.05, 4.69) is 21.4 Å². The van der Waals surface area contributed by atoms with Gasteiger partial charge in [-0.3, -0.25) is 0 Å². The second kappa shape index (κ2) is 8.09. The average Bonchev–Trinajstić information content (AvgIpc) is 3.26. The van der Waals surface area contributed by atoms with Crippen molar-refractivity contribution in [2.75, 3.05) is 14.2 Å². The largest absolute Gasteiger partial charge is 0.474 e. The highest BCUT2D eigenvalue weighted by atomic mass is 32.1. The monoisotopic (exact) mass is 386 g/mol. The number of ether oxygens (including phenoxy) is 2. The van der Waals surface area contributed by atoms with Crippen molar-refractivity contribution in [2.45, 2.75) is 69.1 Å². The number of nitrogens with zero attached hydrogens (tertiary/aromatic N) is 3. The second-order valence-electron chi connectivity index (χ2n) is 7.50. The first kappa shape index (κ1) is 18.6. The Morgan fingerprint density at radius 2 is 2.11 bits per heavy atom. The fraction of sp³-hybridized carbons (Fsp3) is 0.650.